The van der Waals surface area contributed by atoms with Crippen LogP contribution in [0.3, 0.4) is 0 Å². The van der Waals surface area contributed by atoms with E-state index >= 15 is 0 Å². The molecule has 1 aromatic carbocycles. The molecule has 2 rings (SSSR count). The molecule has 1 atom stereocenters. The van der Waals surface area contributed by atoms with Gasteiger partial charge in [0.25, 0.3) is 0 Å². The molecule has 0 saturated heterocycles. The van der Waals surface area contributed by atoms with E-state index < -0.39 is 11.9 Å². The standard InChI is InChI=1S/C16H18O4/c1-3-4-13-12-6-5-10(16(19)20)7-11(12)8-14(9(2)17)15(13)18/h3,8,10,18H,1,4-7H2,2H3,(H,19,20)/p-1. The van der Waals surface area contributed by atoms with E-state index in [-0.39, 0.29) is 17.1 Å². The zero-order chi connectivity index (χ0) is 14.9. The lowest BCUT2D eigenvalue weighted by Crippen LogP contribution is -2.35. The van der Waals surface area contributed by atoms with Crippen molar-refractivity contribution in [3.8, 4) is 5.75 Å². The number of aromatic hydroxyl groups is 1. The Morgan fingerprint density at radius 1 is 1.55 bits per heavy atom. The highest BCUT2D eigenvalue weighted by Gasteiger charge is 2.25. The fourth-order valence-electron chi connectivity index (χ4n) is 2.84. The van der Waals surface area contributed by atoms with E-state index in [1.165, 1.54) is 6.92 Å². The van der Waals surface area contributed by atoms with Gasteiger partial charge >= 0.3 is 0 Å². The molecular weight excluding hydrogens is 256 g/mol. The second-order valence-electron chi connectivity index (χ2n) is 5.20. The molecule has 0 radical (unpaired) electrons. The minimum atomic E-state index is -1.06. The molecule has 4 nitrogen and oxygen atoms in total. The minimum absolute atomic E-state index is 0.00282. The van der Waals surface area contributed by atoms with Gasteiger partial charge in [0, 0.05) is 17.5 Å². The number of fused-ring (bicyclic) bond motifs is 1. The Bertz CT molecular complexity index is 587. The molecule has 1 aliphatic rings. The Labute approximate surface area is 117 Å². The number of carbonyl (C=O) groups is 2. The van der Waals surface area contributed by atoms with Gasteiger partial charge in [-0.15, -0.1) is 6.58 Å². The molecule has 1 aliphatic carbocycles. The van der Waals surface area contributed by atoms with E-state index in [1.807, 2.05) is 0 Å². The highest BCUT2D eigenvalue weighted by molar-refractivity contribution is 5.97. The number of carboxylic acids is 1. The summed E-state index contributed by atoms with van der Waals surface area (Å²) in [5.74, 6) is -1.81. The normalized spacial score (nSPS) is 17.4. The molecule has 0 fully saturated rings. The monoisotopic (exact) mass is 273 g/mol. The maximum atomic E-state index is 11.6. The van der Waals surface area contributed by atoms with Crippen molar-refractivity contribution in [2.45, 2.75) is 32.6 Å². The first-order valence-electron chi connectivity index (χ1n) is 6.65. The van der Waals surface area contributed by atoms with Gasteiger partial charge in [-0.05, 0) is 49.8 Å². The zero-order valence-electron chi connectivity index (χ0n) is 11.4. The van der Waals surface area contributed by atoms with E-state index in [0.29, 0.717) is 31.2 Å². The number of rotatable bonds is 4. The van der Waals surface area contributed by atoms with Crippen molar-refractivity contribution in [3.05, 3.63) is 41.0 Å². The summed E-state index contributed by atoms with van der Waals surface area (Å²) in [5, 5.41) is 21.2. The summed E-state index contributed by atoms with van der Waals surface area (Å²) in [6.07, 6.45) is 3.55. The van der Waals surface area contributed by atoms with Gasteiger partial charge in [0.1, 0.15) is 5.75 Å². The van der Waals surface area contributed by atoms with Crippen LogP contribution in [0.2, 0.25) is 0 Å². The van der Waals surface area contributed by atoms with Gasteiger partial charge in [-0.3, -0.25) is 4.79 Å². The lowest BCUT2D eigenvalue weighted by atomic mass is 9.79. The molecule has 0 heterocycles. The highest BCUT2D eigenvalue weighted by atomic mass is 16.4. The molecule has 20 heavy (non-hydrogen) atoms. The number of carbonyl (C=O) groups excluding carboxylic acids is 2. The van der Waals surface area contributed by atoms with Crippen molar-refractivity contribution >= 4 is 11.8 Å². The first-order valence-corrected chi connectivity index (χ1v) is 6.65. The molecule has 0 aromatic heterocycles. The van der Waals surface area contributed by atoms with Gasteiger partial charge in [-0.1, -0.05) is 6.08 Å². The molecule has 1 N–H and O–H groups in total. The number of Topliss-reactive ketones (excluding diaryl/α,β-unsaturated/α-hetero) is 1. The number of phenols is 1. The van der Waals surface area contributed by atoms with Crippen LogP contribution in [0.25, 0.3) is 0 Å². The van der Waals surface area contributed by atoms with Crippen LogP contribution in [0.5, 0.6) is 5.75 Å². The van der Waals surface area contributed by atoms with Crippen LogP contribution in [-0.4, -0.2) is 16.9 Å². The smallest absolute Gasteiger partial charge is 0.163 e. The van der Waals surface area contributed by atoms with E-state index in [2.05, 4.69) is 6.58 Å². The van der Waals surface area contributed by atoms with Gasteiger partial charge in [-0.25, -0.2) is 0 Å². The fourth-order valence-corrected chi connectivity index (χ4v) is 2.84. The second-order valence-corrected chi connectivity index (χ2v) is 5.20. The molecule has 0 aliphatic heterocycles. The van der Waals surface area contributed by atoms with Crippen molar-refractivity contribution in [3.63, 3.8) is 0 Å². The number of carboxylic acid groups (broad SMARTS) is 1. The quantitative estimate of drug-likeness (QED) is 0.660. The number of hydrogen-bond donors (Lipinski definition) is 1. The van der Waals surface area contributed by atoms with Gasteiger partial charge in [-0.2, -0.15) is 0 Å². The summed E-state index contributed by atoms with van der Waals surface area (Å²) >= 11 is 0. The molecule has 0 saturated carbocycles. The molecular formula is C16H17O4-. The van der Waals surface area contributed by atoms with Crippen LogP contribution in [-0.2, 0) is 24.1 Å². The summed E-state index contributed by atoms with van der Waals surface area (Å²) < 4.78 is 0. The van der Waals surface area contributed by atoms with E-state index in [9.17, 15) is 19.8 Å². The van der Waals surface area contributed by atoms with Crippen LogP contribution < -0.4 is 5.11 Å². The van der Waals surface area contributed by atoms with Crippen molar-refractivity contribution in [2.75, 3.05) is 0 Å². The number of aliphatic carboxylic acids is 1. The lowest BCUT2D eigenvalue weighted by molar-refractivity contribution is -0.311. The maximum absolute atomic E-state index is 11.6. The second kappa shape index (κ2) is 5.49. The molecule has 1 unspecified atom stereocenters. The average Bonchev–Trinajstić information content (AvgIpc) is 2.40. The summed E-state index contributed by atoms with van der Waals surface area (Å²) in [6, 6.07) is 1.62. The molecule has 1 aromatic rings. The van der Waals surface area contributed by atoms with Crippen molar-refractivity contribution in [1.29, 1.82) is 0 Å². The Kier molecular flexibility index (Phi) is 3.93. The molecule has 0 amide bonds. The SMILES string of the molecule is C=CCc1c(O)c(C(C)=O)cc2c1CCC(C(=O)[O-])C2. The zero-order valence-corrected chi connectivity index (χ0v) is 11.4. The van der Waals surface area contributed by atoms with Crippen LogP contribution >= 0.6 is 0 Å². The maximum Gasteiger partial charge on any atom is 0.163 e. The van der Waals surface area contributed by atoms with Crippen LogP contribution in [0.15, 0.2) is 18.7 Å². The Hall–Kier alpha value is -2.10. The minimum Gasteiger partial charge on any atom is -0.550 e. The molecule has 4 heteroatoms. The summed E-state index contributed by atoms with van der Waals surface area (Å²) in [6.45, 7) is 5.05. The Balaban J connectivity index is 2.56. The molecule has 0 spiro atoms. The van der Waals surface area contributed by atoms with Gasteiger partial charge < -0.3 is 15.0 Å². The third-order valence-corrected chi connectivity index (χ3v) is 3.88. The first kappa shape index (κ1) is 14.3. The van der Waals surface area contributed by atoms with E-state index in [4.69, 9.17) is 0 Å². The van der Waals surface area contributed by atoms with Crippen molar-refractivity contribution < 1.29 is 19.8 Å². The third-order valence-electron chi connectivity index (χ3n) is 3.88. The number of hydrogen-bond acceptors (Lipinski definition) is 4. The summed E-state index contributed by atoms with van der Waals surface area (Å²) in [5.41, 5.74) is 2.72. The summed E-state index contributed by atoms with van der Waals surface area (Å²) in [7, 11) is 0. The molecule has 106 valence electrons. The number of ketones is 1. The predicted octanol–water partition coefficient (Wildman–Crippen LogP) is 1.18. The van der Waals surface area contributed by atoms with Crippen LogP contribution in [0, 0.1) is 5.92 Å². The highest BCUT2D eigenvalue weighted by Crippen LogP contribution is 2.36. The largest absolute Gasteiger partial charge is 0.550 e. The van der Waals surface area contributed by atoms with Gasteiger partial charge in [0.2, 0.25) is 0 Å². The third kappa shape index (κ3) is 2.46. The predicted molar refractivity (Wildman–Crippen MR) is 72.5 cm³/mol. The van der Waals surface area contributed by atoms with E-state index in [0.717, 1.165) is 11.1 Å². The van der Waals surface area contributed by atoms with Crippen LogP contribution in [0.1, 0.15) is 40.4 Å². The fraction of sp³-hybridized carbons (Fsp3) is 0.375. The average molecular weight is 273 g/mol. The number of phenolic OH excluding ortho intramolecular Hbond substituents is 1. The van der Waals surface area contributed by atoms with E-state index in [1.54, 1.807) is 12.1 Å². The van der Waals surface area contributed by atoms with Gasteiger partial charge in [0.15, 0.2) is 5.78 Å². The summed E-state index contributed by atoms with van der Waals surface area (Å²) in [4.78, 5) is 22.6. The van der Waals surface area contributed by atoms with Gasteiger partial charge in [0.05, 0.1) is 5.56 Å². The Morgan fingerprint density at radius 2 is 2.25 bits per heavy atom. The first-order chi connectivity index (χ1) is 9.45. The lowest BCUT2D eigenvalue weighted by Gasteiger charge is -2.28. The Morgan fingerprint density at radius 3 is 2.80 bits per heavy atom. The topological polar surface area (TPSA) is 77.4 Å². The molecule has 0 bridgehead atoms. The number of benzene rings is 1. The van der Waals surface area contributed by atoms with Crippen molar-refractivity contribution in [1.82, 2.24) is 0 Å². The van der Waals surface area contributed by atoms with Crippen molar-refractivity contribution in [2.24, 2.45) is 5.92 Å². The van der Waals surface area contributed by atoms with Crippen LogP contribution in [0.4, 0.5) is 0 Å². The number of allylic oxidation sites excluding steroid dienone is 1.